The van der Waals surface area contributed by atoms with Crippen LogP contribution in [0.5, 0.6) is 0 Å². The minimum Gasteiger partial charge on any atom is -0.410 e. The molecule has 0 amide bonds. The van der Waals surface area contributed by atoms with Crippen LogP contribution in [0.1, 0.15) is 12.5 Å². The van der Waals surface area contributed by atoms with E-state index in [2.05, 4.69) is 5.16 Å². The molecule has 0 heterocycles. The van der Waals surface area contributed by atoms with Gasteiger partial charge in [-0.05, 0) is 12.1 Å². The molecule has 0 saturated heterocycles. The van der Waals surface area contributed by atoms with Crippen molar-refractivity contribution in [3.63, 3.8) is 0 Å². The van der Waals surface area contributed by atoms with Gasteiger partial charge in [-0.3, -0.25) is 4.79 Å². The number of oxime groups is 1. The molecular weight excluding hydrogens is 225 g/mol. The maximum absolute atomic E-state index is 11.0. The van der Waals surface area contributed by atoms with E-state index in [1.54, 1.807) is 6.07 Å². The highest BCUT2D eigenvalue weighted by atomic mass is 35.5. The molecule has 0 spiro atoms. The number of hydrogen-bond donors (Lipinski definition) is 1. The molecule has 0 unspecified atom stereocenters. The molecule has 0 aliphatic carbocycles. The maximum atomic E-state index is 11.0. The molecule has 0 bridgehead atoms. The van der Waals surface area contributed by atoms with Crippen LogP contribution in [0.4, 0.5) is 0 Å². The summed E-state index contributed by atoms with van der Waals surface area (Å²) in [5.74, 6) is -0.342. The number of ketones is 1. The molecule has 14 heavy (non-hydrogen) atoms. The van der Waals surface area contributed by atoms with E-state index >= 15 is 0 Å². The highest BCUT2D eigenvalue weighted by Gasteiger charge is 2.11. The Balaban J connectivity index is 3.20. The first-order valence-electron chi connectivity index (χ1n) is 3.74. The summed E-state index contributed by atoms with van der Waals surface area (Å²) in [5, 5.41) is 12.2. The van der Waals surface area contributed by atoms with Gasteiger partial charge in [-0.1, -0.05) is 34.4 Å². The molecule has 5 heteroatoms. The minimum atomic E-state index is -0.342. The highest BCUT2D eigenvalue weighted by Crippen LogP contribution is 2.22. The smallest absolute Gasteiger partial charge is 0.182 e. The van der Waals surface area contributed by atoms with Crippen LogP contribution >= 0.6 is 23.2 Å². The average Bonchev–Trinajstić information content (AvgIpc) is 2.11. The summed E-state index contributed by atoms with van der Waals surface area (Å²) in [6.07, 6.45) is 0. The molecule has 0 aliphatic rings. The van der Waals surface area contributed by atoms with Gasteiger partial charge in [-0.15, -0.1) is 0 Å². The monoisotopic (exact) mass is 231 g/mol. The van der Waals surface area contributed by atoms with Gasteiger partial charge in [0.05, 0.1) is 10.0 Å². The molecule has 1 aromatic carbocycles. The maximum Gasteiger partial charge on any atom is 0.182 e. The van der Waals surface area contributed by atoms with Crippen LogP contribution in [-0.2, 0) is 4.79 Å². The zero-order valence-electron chi connectivity index (χ0n) is 7.29. The average molecular weight is 232 g/mol. The number of halogens is 2. The van der Waals surface area contributed by atoms with Gasteiger partial charge >= 0.3 is 0 Å². The molecule has 1 rings (SSSR count). The summed E-state index contributed by atoms with van der Waals surface area (Å²) in [4.78, 5) is 11.0. The third-order valence-electron chi connectivity index (χ3n) is 1.63. The first-order chi connectivity index (χ1) is 6.56. The standard InChI is InChI=1S/C9H7Cl2NO2/c1-5(13)9(12-14)6-2-3-7(10)8(11)4-6/h2-4,14H,1H3/b12-9-. The number of hydrogen-bond acceptors (Lipinski definition) is 3. The van der Waals surface area contributed by atoms with Crippen LogP contribution < -0.4 is 0 Å². The number of carbonyl (C=O) groups excluding carboxylic acids is 1. The molecule has 74 valence electrons. The minimum absolute atomic E-state index is 0.0384. The summed E-state index contributed by atoms with van der Waals surface area (Å²) >= 11 is 11.4. The van der Waals surface area contributed by atoms with Crippen LogP contribution in [0, 0.1) is 0 Å². The lowest BCUT2D eigenvalue weighted by atomic mass is 10.1. The Morgan fingerprint density at radius 3 is 2.43 bits per heavy atom. The molecule has 3 nitrogen and oxygen atoms in total. The Hall–Kier alpha value is -1.06. The van der Waals surface area contributed by atoms with E-state index in [-0.39, 0.29) is 11.5 Å². The number of Topliss-reactive ketones (excluding diaryl/α,β-unsaturated/α-hetero) is 1. The molecule has 1 N–H and O–H groups in total. The largest absolute Gasteiger partial charge is 0.410 e. The SMILES string of the molecule is CC(=O)/C(=N/O)c1ccc(Cl)c(Cl)c1. The van der Waals surface area contributed by atoms with Crippen LogP contribution in [0.15, 0.2) is 23.4 Å². The number of benzene rings is 1. The molecule has 0 fully saturated rings. The van der Waals surface area contributed by atoms with Gasteiger partial charge in [0.25, 0.3) is 0 Å². The lowest BCUT2D eigenvalue weighted by Crippen LogP contribution is -2.11. The first-order valence-corrected chi connectivity index (χ1v) is 4.50. The zero-order valence-corrected chi connectivity index (χ0v) is 8.80. The Kier molecular flexibility index (Phi) is 3.49. The highest BCUT2D eigenvalue weighted by molar-refractivity contribution is 6.47. The van der Waals surface area contributed by atoms with E-state index in [4.69, 9.17) is 28.4 Å². The van der Waals surface area contributed by atoms with E-state index in [1.807, 2.05) is 0 Å². The van der Waals surface area contributed by atoms with E-state index in [0.717, 1.165) is 0 Å². The van der Waals surface area contributed by atoms with Crippen molar-refractivity contribution in [2.75, 3.05) is 0 Å². The third kappa shape index (κ3) is 2.25. The van der Waals surface area contributed by atoms with Crippen molar-refractivity contribution in [1.29, 1.82) is 0 Å². The topological polar surface area (TPSA) is 49.7 Å². The summed E-state index contributed by atoms with van der Waals surface area (Å²) < 4.78 is 0. The van der Waals surface area contributed by atoms with Gasteiger partial charge in [-0.25, -0.2) is 0 Å². The van der Waals surface area contributed by atoms with Crippen molar-refractivity contribution in [3.8, 4) is 0 Å². The van der Waals surface area contributed by atoms with Gasteiger partial charge in [0.2, 0.25) is 0 Å². The molecule has 0 saturated carbocycles. The number of rotatable bonds is 2. The lowest BCUT2D eigenvalue weighted by Gasteiger charge is -2.01. The predicted molar refractivity (Wildman–Crippen MR) is 55.5 cm³/mol. The predicted octanol–water partition coefficient (Wildman–Crippen LogP) is 2.76. The second-order valence-corrected chi connectivity index (χ2v) is 3.45. The van der Waals surface area contributed by atoms with Crippen molar-refractivity contribution in [2.24, 2.45) is 5.16 Å². The van der Waals surface area contributed by atoms with Gasteiger partial charge in [0.15, 0.2) is 11.5 Å². The van der Waals surface area contributed by atoms with Gasteiger partial charge in [-0.2, -0.15) is 0 Å². The van der Waals surface area contributed by atoms with E-state index in [0.29, 0.717) is 15.6 Å². The number of carbonyl (C=O) groups is 1. The normalized spacial score (nSPS) is 11.5. The van der Waals surface area contributed by atoms with Crippen molar-refractivity contribution >= 4 is 34.7 Å². The van der Waals surface area contributed by atoms with Gasteiger partial charge in [0, 0.05) is 12.5 Å². The van der Waals surface area contributed by atoms with Crippen molar-refractivity contribution in [3.05, 3.63) is 33.8 Å². The summed E-state index contributed by atoms with van der Waals surface area (Å²) in [5.41, 5.74) is 0.401. The first kappa shape index (κ1) is 11.0. The van der Waals surface area contributed by atoms with Gasteiger partial charge in [0.1, 0.15) is 0 Å². The molecule has 1 aromatic rings. The summed E-state index contributed by atoms with van der Waals surface area (Å²) in [6.45, 7) is 1.30. The third-order valence-corrected chi connectivity index (χ3v) is 2.37. The van der Waals surface area contributed by atoms with Crippen molar-refractivity contribution in [2.45, 2.75) is 6.92 Å². The fourth-order valence-corrected chi connectivity index (χ4v) is 1.27. The van der Waals surface area contributed by atoms with Crippen LogP contribution in [0.3, 0.4) is 0 Å². The Morgan fingerprint density at radius 2 is 2.00 bits per heavy atom. The van der Waals surface area contributed by atoms with E-state index < -0.39 is 0 Å². The summed E-state index contributed by atoms with van der Waals surface area (Å²) in [7, 11) is 0. The second-order valence-electron chi connectivity index (χ2n) is 2.63. The fraction of sp³-hybridized carbons (Fsp3) is 0.111. The van der Waals surface area contributed by atoms with Crippen LogP contribution in [0.2, 0.25) is 10.0 Å². The van der Waals surface area contributed by atoms with Gasteiger partial charge < -0.3 is 5.21 Å². The quantitative estimate of drug-likeness (QED) is 0.484. The van der Waals surface area contributed by atoms with E-state index in [9.17, 15) is 4.79 Å². The Labute approximate surface area is 90.9 Å². The molecule has 0 aliphatic heterocycles. The van der Waals surface area contributed by atoms with Crippen molar-refractivity contribution < 1.29 is 10.0 Å². The number of nitrogens with zero attached hydrogens (tertiary/aromatic N) is 1. The molecular formula is C9H7Cl2NO2. The van der Waals surface area contributed by atoms with Crippen molar-refractivity contribution in [1.82, 2.24) is 0 Å². The summed E-state index contributed by atoms with van der Waals surface area (Å²) in [6, 6.07) is 4.57. The van der Waals surface area contributed by atoms with Crippen LogP contribution in [0.25, 0.3) is 0 Å². The lowest BCUT2D eigenvalue weighted by molar-refractivity contribution is -0.111. The Morgan fingerprint density at radius 1 is 1.36 bits per heavy atom. The Bertz CT molecular complexity index is 402. The molecule has 0 atom stereocenters. The fourth-order valence-electron chi connectivity index (χ4n) is 0.975. The van der Waals surface area contributed by atoms with E-state index in [1.165, 1.54) is 19.1 Å². The molecule has 0 radical (unpaired) electrons. The van der Waals surface area contributed by atoms with Crippen LogP contribution in [-0.4, -0.2) is 16.7 Å². The zero-order chi connectivity index (χ0) is 10.7. The second kappa shape index (κ2) is 4.44. The molecule has 0 aromatic heterocycles.